The Morgan fingerprint density at radius 3 is 2.82 bits per heavy atom. The van der Waals surface area contributed by atoms with Crippen molar-refractivity contribution < 1.29 is 9.72 Å². The standard InChI is InChI=1S/C13H17N5O3S/c1-9-8-22-12(15-9)13(2,3)16-11(19)4-5-17-7-10(6-14-17)18(20)21/h6-8H,4-5H2,1-3H3,(H,16,19). The summed E-state index contributed by atoms with van der Waals surface area (Å²) < 4.78 is 1.39. The Kier molecular flexibility index (Phi) is 4.55. The fourth-order valence-corrected chi connectivity index (χ4v) is 2.77. The molecule has 0 aromatic carbocycles. The minimum absolute atomic E-state index is 0.0843. The lowest BCUT2D eigenvalue weighted by Gasteiger charge is -2.23. The summed E-state index contributed by atoms with van der Waals surface area (Å²) in [6.07, 6.45) is 2.66. The van der Waals surface area contributed by atoms with E-state index in [0.29, 0.717) is 0 Å². The highest BCUT2D eigenvalue weighted by molar-refractivity contribution is 7.09. The number of hydrogen-bond donors (Lipinski definition) is 1. The normalized spacial score (nSPS) is 11.4. The third-order valence-corrected chi connectivity index (χ3v) is 4.29. The molecule has 0 radical (unpaired) electrons. The molecule has 1 amide bonds. The summed E-state index contributed by atoms with van der Waals surface area (Å²) in [7, 11) is 0. The van der Waals surface area contributed by atoms with E-state index in [1.165, 1.54) is 28.4 Å². The molecule has 2 rings (SSSR count). The second kappa shape index (κ2) is 6.22. The van der Waals surface area contributed by atoms with Gasteiger partial charge in [0.05, 0.1) is 10.5 Å². The number of thiazole rings is 1. The van der Waals surface area contributed by atoms with E-state index in [1.54, 1.807) is 0 Å². The third-order valence-electron chi connectivity index (χ3n) is 3.00. The van der Waals surface area contributed by atoms with Crippen LogP contribution in [0.25, 0.3) is 0 Å². The summed E-state index contributed by atoms with van der Waals surface area (Å²) in [4.78, 5) is 26.5. The van der Waals surface area contributed by atoms with Crippen LogP contribution < -0.4 is 5.32 Å². The minimum atomic E-state index is -0.549. The second-order valence-electron chi connectivity index (χ2n) is 5.44. The lowest BCUT2D eigenvalue weighted by atomic mass is 10.1. The summed E-state index contributed by atoms with van der Waals surface area (Å²) >= 11 is 1.50. The fraction of sp³-hybridized carbons (Fsp3) is 0.462. The maximum absolute atomic E-state index is 12.0. The Balaban J connectivity index is 1.90. The van der Waals surface area contributed by atoms with E-state index < -0.39 is 10.5 Å². The van der Waals surface area contributed by atoms with Crippen LogP contribution in [0.5, 0.6) is 0 Å². The highest BCUT2D eigenvalue weighted by Crippen LogP contribution is 2.23. The predicted molar refractivity (Wildman–Crippen MR) is 81.5 cm³/mol. The first kappa shape index (κ1) is 16.1. The van der Waals surface area contributed by atoms with Crippen molar-refractivity contribution >= 4 is 22.9 Å². The van der Waals surface area contributed by atoms with Gasteiger partial charge in [0.25, 0.3) is 0 Å². The lowest BCUT2D eigenvalue weighted by molar-refractivity contribution is -0.385. The van der Waals surface area contributed by atoms with Gasteiger partial charge in [-0.15, -0.1) is 11.3 Å². The molecule has 9 heteroatoms. The number of nitrogens with one attached hydrogen (secondary N) is 1. The van der Waals surface area contributed by atoms with Crippen molar-refractivity contribution in [1.29, 1.82) is 0 Å². The van der Waals surface area contributed by atoms with Gasteiger partial charge in [-0.05, 0) is 20.8 Å². The highest BCUT2D eigenvalue weighted by atomic mass is 32.1. The van der Waals surface area contributed by atoms with Crippen LogP contribution in [0, 0.1) is 17.0 Å². The maximum Gasteiger partial charge on any atom is 0.306 e. The molecule has 0 saturated heterocycles. The first-order valence-corrected chi connectivity index (χ1v) is 7.56. The monoisotopic (exact) mass is 323 g/mol. The number of hydrogen-bond acceptors (Lipinski definition) is 6. The number of carbonyl (C=O) groups is 1. The van der Waals surface area contributed by atoms with Crippen LogP contribution in [0.3, 0.4) is 0 Å². The first-order chi connectivity index (χ1) is 10.3. The summed E-state index contributed by atoms with van der Waals surface area (Å²) in [6, 6.07) is 0. The van der Waals surface area contributed by atoms with Crippen LogP contribution in [0.2, 0.25) is 0 Å². The smallest absolute Gasteiger partial charge is 0.306 e. The minimum Gasteiger partial charge on any atom is -0.345 e. The Morgan fingerprint density at radius 2 is 2.27 bits per heavy atom. The molecular weight excluding hydrogens is 306 g/mol. The van der Waals surface area contributed by atoms with Crippen LogP contribution in [-0.2, 0) is 16.9 Å². The molecule has 1 N–H and O–H groups in total. The van der Waals surface area contributed by atoms with E-state index >= 15 is 0 Å². The second-order valence-corrected chi connectivity index (χ2v) is 6.29. The van der Waals surface area contributed by atoms with Crippen molar-refractivity contribution in [2.45, 2.75) is 39.3 Å². The molecule has 0 saturated carbocycles. The zero-order chi connectivity index (χ0) is 16.3. The summed E-state index contributed by atoms with van der Waals surface area (Å²) in [5, 5.41) is 20.1. The van der Waals surface area contributed by atoms with Crippen LogP contribution in [-0.4, -0.2) is 25.6 Å². The van der Waals surface area contributed by atoms with Crippen molar-refractivity contribution in [3.05, 3.63) is 38.6 Å². The molecule has 0 atom stereocenters. The van der Waals surface area contributed by atoms with Crippen LogP contribution >= 0.6 is 11.3 Å². The number of carbonyl (C=O) groups excluding carboxylic acids is 1. The third kappa shape index (κ3) is 3.88. The van der Waals surface area contributed by atoms with Gasteiger partial charge in [-0.25, -0.2) is 4.98 Å². The first-order valence-electron chi connectivity index (χ1n) is 6.68. The average Bonchev–Trinajstić information content (AvgIpc) is 3.04. The fourth-order valence-electron chi connectivity index (χ4n) is 1.89. The molecule has 2 aromatic rings. The van der Waals surface area contributed by atoms with Crippen molar-refractivity contribution in [3.8, 4) is 0 Å². The number of aromatic nitrogens is 3. The van der Waals surface area contributed by atoms with E-state index in [0.717, 1.165) is 10.7 Å². The maximum atomic E-state index is 12.0. The van der Waals surface area contributed by atoms with Gasteiger partial charge in [0.1, 0.15) is 17.4 Å². The van der Waals surface area contributed by atoms with Gasteiger partial charge in [0, 0.05) is 24.0 Å². The molecular formula is C13H17N5O3S. The Hall–Kier alpha value is -2.29. The molecule has 0 bridgehead atoms. The van der Waals surface area contributed by atoms with E-state index in [4.69, 9.17) is 0 Å². The van der Waals surface area contributed by atoms with Crippen molar-refractivity contribution in [2.75, 3.05) is 0 Å². The molecule has 0 spiro atoms. The zero-order valence-electron chi connectivity index (χ0n) is 12.6. The van der Waals surface area contributed by atoms with Crippen molar-refractivity contribution in [2.24, 2.45) is 0 Å². The van der Waals surface area contributed by atoms with Crippen LogP contribution in [0.1, 0.15) is 31.0 Å². The number of rotatable bonds is 6. The van der Waals surface area contributed by atoms with E-state index in [-0.39, 0.29) is 24.6 Å². The zero-order valence-corrected chi connectivity index (χ0v) is 13.4. The molecule has 0 aliphatic carbocycles. The number of amides is 1. The topological polar surface area (TPSA) is 103 Å². The van der Waals surface area contributed by atoms with Crippen molar-refractivity contribution in [1.82, 2.24) is 20.1 Å². The van der Waals surface area contributed by atoms with Gasteiger partial charge in [-0.2, -0.15) is 5.10 Å². The molecule has 2 heterocycles. The number of nitrogens with zero attached hydrogens (tertiary/aromatic N) is 4. The summed E-state index contributed by atoms with van der Waals surface area (Å²) in [5.74, 6) is -0.156. The molecule has 8 nitrogen and oxygen atoms in total. The van der Waals surface area contributed by atoms with Gasteiger partial charge < -0.3 is 5.32 Å². The molecule has 2 aromatic heterocycles. The van der Waals surface area contributed by atoms with E-state index in [9.17, 15) is 14.9 Å². The van der Waals surface area contributed by atoms with E-state index in [1.807, 2.05) is 26.2 Å². The molecule has 118 valence electrons. The van der Waals surface area contributed by atoms with Gasteiger partial charge in [-0.1, -0.05) is 0 Å². The number of nitro groups is 1. The SMILES string of the molecule is Cc1csc(C(C)(C)NC(=O)CCn2cc([N+](=O)[O-])cn2)n1. The molecule has 0 unspecified atom stereocenters. The quantitative estimate of drug-likeness (QED) is 0.647. The lowest BCUT2D eigenvalue weighted by Crippen LogP contribution is -2.41. The molecule has 22 heavy (non-hydrogen) atoms. The van der Waals surface area contributed by atoms with Crippen molar-refractivity contribution in [3.63, 3.8) is 0 Å². The Morgan fingerprint density at radius 1 is 1.55 bits per heavy atom. The molecule has 0 fully saturated rings. The van der Waals surface area contributed by atoms with Gasteiger partial charge in [-0.3, -0.25) is 19.6 Å². The largest absolute Gasteiger partial charge is 0.345 e. The average molecular weight is 323 g/mol. The van der Waals surface area contributed by atoms with Crippen LogP contribution in [0.4, 0.5) is 5.69 Å². The summed E-state index contributed by atoms with van der Waals surface area (Å²) in [5.41, 5.74) is 0.289. The predicted octanol–water partition coefficient (Wildman–Crippen LogP) is 2.00. The van der Waals surface area contributed by atoms with Gasteiger partial charge >= 0.3 is 5.69 Å². The molecule has 0 aliphatic rings. The Labute approximate surface area is 131 Å². The molecule has 0 aliphatic heterocycles. The Bertz CT molecular complexity index is 691. The summed E-state index contributed by atoms with van der Waals surface area (Å²) in [6.45, 7) is 5.97. The van der Waals surface area contributed by atoms with E-state index in [2.05, 4.69) is 15.4 Å². The van der Waals surface area contributed by atoms with Gasteiger partial charge in [0.2, 0.25) is 5.91 Å². The van der Waals surface area contributed by atoms with Crippen LogP contribution in [0.15, 0.2) is 17.8 Å². The van der Waals surface area contributed by atoms with Gasteiger partial charge in [0.15, 0.2) is 0 Å². The highest BCUT2D eigenvalue weighted by Gasteiger charge is 2.25. The number of aryl methyl sites for hydroxylation is 2.